The summed E-state index contributed by atoms with van der Waals surface area (Å²) in [6, 6.07) is 1.46. The minimum atomic E-state index is -3.06. The molecule has 0 aromatic carbocycles. The fraction of sp³-hybridized carbons (Fsp3) is 0.571. The molecule has 7 heteroatoms. The van der Waals surface area contributed by atoms with Crippen molar-refractivity contribution >= 4 is 11.8 Å². The van der Waals surface area contributed by atoms with E-state index in [1.54, 1.807) is 6.92 Å². The number of aryl methyl sites for hydroxylation is 1. The van der Waals surface area contributed by atoms with Crippen molar-refractivity contribution in [1.29, 1.82) is 0 Å². The molecule has 114 valence electrons. The second-order valence-corrected chi connectivity index (χ2v) is 5.87. The van der Waals surface area contributed by atoms with E-state index in [0.29, 0.717) is 18.7 Å². The molecule has 0 bridgehead atoms. The normalized spacial score (nSPS) is 28.0. The van der Waals surface area contributed by atoms with Gasteiger partial charge in [0.15, 0.2) is 0 Å². The monoisotopic (exact) mass is 298 g/mol. The first kappa shape index (κ1) is 14.0. The van der Waals surface area contributed by atoms with Crippen molar-refractivity contribution in [2.75, 3.05) is 19.6 Å². The van der Waals surface area contributed by atoms with Crippen LogP contribution in [0.2, 0.25) is 0 Å². The summed E-state index contributed by atoms with van der Waals surface area (Å²) in [6.07, 6.45) is 1.18. The first-order valence-corrected chi connectivity index (χ1v) is 6.83. The summed E-state index contributed by atoms with van der Waals surface area (Å²) < 4.78 is 33.1. The Balaban J connectivity index is 1.90. The van der Waals surface area contributed by atoms with Crippen LogP contribution < -0.4 is 5.32 Å². The van der Waals surface area contributed by atoms with Crippen LogP contribution in [0.3, 0.4) is 0 Å². The Hall–Kier alpha value is -1.92. The summed E-state index contributed by atoms with van der Waals surface area (Å²) in [7, 11) is 0. The van der Waals surface area contributed by atoms with Gasteiger partial charge in [-0.15, -0.1) is 0 Å². The van der Waals surface area contributed by atoms with Gasteiger partial charge in [-0.3, -0.25) is 9.59 Å². The van der Waals surface area contributed by atoms with E-state index in [2.05, 4.69) is 5.32 Å². The number of alkyl halides is 2. The van der Waals surface area contributed by atoms with E-state index in [1.165, 1.54) is 12.3 Å². The van der Waals surface area contributed by atoms with Crippen LogP contribution in [0.1, 0.15) is 29.0 Å². The molecule has 1 N–H and O–H groups in total. The van der Waals surface area contributed by atoms with Gasteiger partial charge in [-0.25, -0.2) is 8.78 Å². The standard InChI is InChI=1S/C14H16F2N2O3/c1-9-10(2-5-21-9)11(19)18-7-13(3-4-17-12(13)20)6-14(15,16)8-18/h2,5H,3-4,6-8H2,1H3,(H,17,20)/t13-/m0/s1. The predicted octanol–water partition coefficient (Wildman–Crippen LogP) is 1.58. The number of piperidine rings is 1. The molecule has 2 aliphatic heterocycles. The minimum absolute atomic E-state index is 0.0257. The average molecular weight is 298 g/mol. The Bertz CT molecular complexity index is 599. The summed E-state index contributed by atoms with van der Waals surface area (Å²) in [5.74, 6) is -3.57. The number of halogens is 2. The molecule has 21 heavy (non-hydrogen) atoms. The van der Waals surface area contributed by atoms with Gasteiger partial charge < -0.3 is 14.6 Å². The predicted molar refractivity (Wildman–Crippen MR) is 69.0 cm³/mol. The fourth-order valence-corrected chi connectivity index (χ4v) is 3.26. The molecule has 0 aliphatic carbocycles. The third-order valence-electron chi connectivity index (χ3n) is 4.26. The molecule has 3 rings (SSSR count). The van der Waals surface area contributed by atoms with Crippen molar-refractivity contribution in [3.8, 4) is 0 Å². The lowest BCUT2D eigenvalue weighted by Gasteiger charge is -2.42. The SMILES string of the molecule is Cc1occc1C(=O)N1CC(F)(F)C[C@@]2(CCNC2=O)C1. The van der Waals surface area contributed by atoms with Crippen molar-refractivity contribution < 1.29 is 22.8 Å². The molecule has 2 fully saturated rings. The Morgan fingerprint density at radius 1 is 1.43 bits per heavy atom. The van der Waals surface area contributed by atoms with E-state index >= 15 is 0 Å². The van der Waals surface area contributed by atoms with Crippen molar-refractivity contribution in [2.45, 2.75) is 25.7 Å². The summed E-state index contributed by atoms with van der Waals surface area (Å²) in [5, 5.41) is 2.59. The van der Waals surface area contributed by atoms with E-state index in [0.717, 1.165) is 4.90 Å². The Morgan fingerprint density at radius 3 is 2.76 bits per heavy atom. The van der Waals surface area contributed by atoms with Gasteiger partial charge in [-0.1, -0.05) is 0 Å². The van der Waals surface area contributed by atoms with Crippen LogP contribution in [-0.2, 0) is 4.79 Å². The van der Waals surface area contributed by atoms with E-state index in [1.807, 2.05) is 0 Å². The van der Waals surface area contributed by atoms with Crippen LogP contribution in [-0.4, -0.2) is 42.3 Å². The third kappa shape index (κ3) is 2.30. The molecule has 5 nitrogen and oxygen atoms in total. The number of rotatable bonds is 1. The van der Waals surface area contributed by atoms with Crippen LogP contribution in [0.5, 0.6) is 0 Å². The molecule has 1 atom stereocenters. The zero-order valence-corrected chi connectivity index (χ0v) is 11.6. The molecule has 3 heterocycles. The molecule has 1 aromatic heterocycles. The van der Waals surface area contributed by atoms with Gasteiger partial charge in [0, 0.05) is 19.5 Å². The number of nitrogens with one attached hydrogen (secondary N) is 1. The highest BCUT2D eigenvalue weighted by Gasteiger charge is 2.55. The van der Waals surface area contributed by atoms with Crippen LogP contribution in [0.4, 0.5) is 8.78 Å². The van der Waals surface area contributed by atoms with Gasteiger partial charge in [0.05, 0.1) is 23.8 Å². The molecule has 2 amide bonds. The maximum absolute atomic E-state index is 14.0. The van der Waals surface area contributed by atoms with Gasteiger partial charge in [-0.05, 0) is 19.4 Å². The number of carbonyl (C=O) groups excluding carboxylic acids is 2. The highest BCUT2D eigenvalue weighted by molar-refractivity contribution is 5.96. The maximum atomic E-state index is 14.0. The van der Waals surface area contributed by atoms with Crippen LogP contribution >= 0.6 is 0 Å². The number of amides is 2. The second kappa shape index (κ2) is 4.54. The van der Waals surface area contributed by atoms with E-state index in [-0.39, 0.29) is 18.0 Å². The Kier molecular flexibility index (Phi) is 3.04. The molecule has 2 aliphatic rings. The topological polar surface area (TPSA) is 62.6 Å². The fourth-order valence-electron chi connectivity index (χ4n) is 3.26. The van der Waals surface area contributed by atoms with E-state index in [9.17, 15) is 18.4 Å². The lowest BCUT2D eigenvalue weighted by atomic mass is 9.77. The van der Waals surface area contributed by atoms with Crippen molar-refractivity contribution in [1.82, 2.24) is 10.2 Å². The summed E-state index contributed by atoms with van der Waals surface area (Å²) in [4.78, 5) is 25.5. The van der Waals surface area contributed by atoms with Crippen LogP contribution in [0.15, 0.2) is 16.7 Å². The number of nitrogens with zero attached hydrogens (tertiary/aromatic N) is 1. The zero-order valence-electron chi connectivity index (χ0n) is 11.6. The lowest BCUT2D eigenvalue weighted by Crippen LogP contribution is -2.56. The zero-order chi connectivity index (χ0) is 15.3. The lowest BCUT2D eigenvalue weighted by molar-refractivity contribution is -0.144. The van der Waals surface area contributed by atoms with Gasteiger partial charge in [0.1, 0.15) is 5.76 Å². The molecule has 1 aromatic rings. The Labute approximate surface area is 120 Å². The summed E-state index contributed by atoms with van der Waals surface area (Å²) >= 11 is 0. The van der Waals surface area contributed by atoms with E-state index in [4.69, 9.17) is 4.42 Å². The van der Waals surface area contributed by atoms with Gasteiger partial charge >= 0.3 is 0 Å². The number of hydrogen-bond acceptors (Lipinski definition) is 3. The Morgan fingerprint density at radius 2 is 2.19 bits per heavy atom. The molecule has 0 radical (unpaired) electrons. The van der Waals surface area contributed by atoms with Crippen LogP contribution in [0.25, 0.3) is 0 Å². The smallest absolute Gasteiger partial charge is 0.266 e. The van der Waals surface area contributed by atoms with Crippen LogP contribution in [0, 0.1) is 12.3 Å². The highest BCUT2D eigenvalue weighted by atomic mass is 19.3. The number of likely N-dealkylation sites (tertiary alicyclic amines) is 1. The number of hydrogen-bond donors (Lipinski definition) is 1. The summed E-state index contributed by atoms with van der Waals surface area (Å²) in [5.41, 5.74) is -0.907. The van der Waals surface area contributed by atoms with Gasteiger partial charge in [0.25, 0.3) is 11.8 Å². The molecule has 1 spiro atoms. The van der Waals surface area contributed by atoms with E-state index < -0.39 is 30.2 Å². The quantitative estimate of drug-likeness (QED) is 0.856. The summed E-state index contributed by atoms with van der Waals surface area (Å²) in [6.45, 7) is 1.35. The number of furan rings is 1. The average Bonchev–Trinajstić information content (AvgIpc) is 2.95. The van der Waals surface area contributed by atoms with Crippen molar-refractivity contribution in [2.24, 2.45) is 5.41 Å². The van der Waals surface area contributed by atoms with Crippen molar-refractivity contribution in [3.05, 3.63) is 23.7 Å². The second-order valence-electron chi connectivity index (χ2n) is 5.87. The van der Waals surface area contributed by atoms with Gasteiger partial charge in [-0.2, -0.15) is 0 Å². The molecule has 0 saturated carbocycles. The molecular weight excluding hydrogens is 282 g/mol. The third-order valence-corrected chi connectivity index (χ3v) is 4.26. The first-order chi connectivity index (χ1) is 9.83. The number of carbonyl (C=O) groups is 2. The molecular formula is C14H16F2N2O3. The first-order valence-electron chi connectivity index (χ1n) is 6.83. The highest BCUT2D eigenvalue weighted by Crippen LogP contribution is 2.43. The minimum Gasteiger partial charge on any atom is -0.469 e. The maximum Gasteiger partial charge on any atom is 0.266 e. The van der Waals surface area contributed by atoms with Gasteiger partial charge in [0.2, 0.25) is 5.91 Å². The largest absolute Gasteiger partial charge is 0.469 e. The molecule has 0 unspecified atom stereocenters. The molecule has 2 saturated heterocycles. The van der Waals surface area contributed by atoms with Crippen molar-refractivity contribution in [3.63, 3.8) is 0 Å².